The summed E-state index contributed by atoms with van der Waals surface area (Å²) >= 11 is 0. The van der Waals surface area contributed by atoms with Crippen molar-refractivity contribution in [3.8, 4) is 0 Å². The zero-order valence-corrected chi connectivity index (χ0v) is 12.8. The summed E-state index contributed by atoms with van der Waals surface area (Å²) < 4.78 is 11.2. The first-order chi connectivity index (χ1) is 10.1. The van der Waals surface area contributed by atoms with Crippen molar-refractivity contribution in [2.75, 3.05) is 20.7 Å². The Morgan fingerprint density at radius 1 is 1.33 bits per heavy atom. The maximum atomic E-state index is 9.47. The van der Waals surface area contributed by atoms with Gasteiger partial charge in [0.15, 0.2) is 12.1 Å². The van der Waals surface area contributed by atoms with Crippen LogP contribution in [-0.4, -0.2) is 47.8 Å². The Balaban J connectivity index is 1.59. The van der Waals surface area contributed by atoms with Gasteiger partial charge in [-0.05, 0) is 38.6 Å². The minimum absolute atomic E-state index is 0.294. The van der Waals surface area contributed by atoms with E-state index in [2.05, 4.69) is 36.1 Å². The van der Waals surface area contributed by atoms with Crippen LogP contribution in [0.2, 0.25) is 0 Å². The SMILES string of the molecule is CN(C)Cc1ccc(C2CCC3(CC2)OCC(O)O3)nc1. The van der Waals surface area contributed by atoms with Gasteiger partial charge in [-0.2, -0.15) is 0 Å². The van der Waals surface area contributed by atoms with Gasteiger partial charge in [0.2, 0.25) is 0 Å². The maximum Gasteiger partial charge on any atom is 0.181 e. The van der Waals surface area contributed by atoms with E-state index in [1.807, 2.05) is 6.20 Å². The van der Waals surface area contributed by atoms with Crippen LogP contribution in [0.15, 0.2) is 18.3 Å². The van der Waals surface area contributed by atoms with Crippen molar-refractivity contribution >= 4 is 0 Å². The molecule has 5 nitrogen and oxygen atoms in total. The van der Waals surface area contributed by atoms with E-state index in [1.54, 1.807) is 0 Å². The fraction of sp³-hybridized carbons (Fsp3) is 0.688. The molecule has 1 unspecified atom stereocenters. The number of rotatable bonds is 3. The third kappa shape index (κ3) is 3.43. The molecule has 21 heavy (non-hydrogen) atoms. The van der Waals surface area contributed by atoms with Gasteiger partial charge in [0.1, 0.15) is 6.61 Å². The van der Waals surface area contributed by atoms with Crippen LogP contribution < -0.4 is 0 Å². The Bertz CT molecular complexity index is 467. The summed E-state index contributed by atoms with van der Waals surface area (Å²) in [5, 5.41) is 9.47. The van der Waals surface area contributed by atoms with Gasteiger partial charge in [0.25, 0.3) is 0 Å². The van der Waals surface area contributed by atoms with Crippen molar-refractivity contribution in [1.29, 1.82) is 0 Å². The molecule has 1 N–H and O–H groups in total. The zero-order chi connectivity index (χ0) is 14.9. The monoisotopic (exact) mass is 292 g/mol. The lowest BCUT2D eigenvalue weighted by Gasteiger charge is -2.35. The number of hydrogen-bond acceptors (Lipinski definition) is 5. The second-order valence-corrected chi connectivity index (χ2v) is 6.40. The molecule has 1 saturated heterocycles. The number of aliphatic hydroxyl groups is 1. The fourth-order valence-corrected chi connectivity index (χ4v) is 3.29. The second kappa shape index (κ2) is 6.01. The molecule has 1 aromatic heterocycles. The predicted octanol–water partition coefficient (Wildman–Crippen LogP) is 1.86. The van der Waals surface area contributed by atoms with Crippen molar-refractivity contribution < 1.29 is 14.6 Å². The smallest absolute Gasteiger partial charge is 0.181 e. The zero-order valence-electron chi connectivity index (χ0n) is 12.8. The second-order valence-electron chi connectivity index (χ2n) is 6.40. The summed E-state index contributed by atoms with van der Waals surface area (Å²) in [7, 11) is 4.12. The molecule has 2 heterocycles. The normalized spacial score (nSPS) is 33.0. The summed E-state index contributed by atoms with van der Waals surface area (Å²) in [4.78, 5) is 6.77. The summed E-state index contributed by atoms with van der Waals surface area (Å²) in [5.41, 5.74) is 2.40. The van der Waals surface area contributed by atoms with Crippen LogP contribution in [0.3, 0.4) is 0 Å². The first kappa shape index (κ1) is 14.9. The molecule has 1 saturated carbocycles. The van der Waals surface area contributed by atoms with E-state index >= 15 is 0 Å². The van der Waals surface area contributed by atoms with Gasteiger partial charge in [-0.3, -0.25) is 4.98 Å². The van der Waals surface area contributed by atoms with E-state index in [4.69, 9.17) is 9.47 Å². The lowest BCUT2D eigenvalue weighted by atomic mass is 9.83. The van der Waals surface area contributed by atoms with Gasteiger partial charge >= 0.3 is 0 Å². The van der Waals surface area contributed by atoms with Gasteiger partial charge in [0, 0.05) is 37.2 Å². The minimum atomic E-state index is -0.759. The van der Waals surface area contributed by atoms with Crippen molar-refractivity contribution in [3.63, 3.8) is 0 Å². The van der Waals surface area contributed by atoms with Gasteiger partial charge in [-0.25, -0.2) is 0 Å². The molecule has 116 valence electrons. The van der Waals surface area contributed by atoms with Crippen LogP contribution in [0.1, 0.15) is 42.9 Å². The quantitative estimate of drug-likeness (QED) is 0.921. The first-order valence-electron chi connectivity index (χ1n) is 7.66. The summed E-state index contributed by atoms with van der Waals surface area (Å²) in [6, 6.07) is 4.31. The van der Waals surface area contributed by atoms with Gasteiger partial charge < -0.3 is 19.5 Å². The average molecular weight is 292 g/mol. The maximum absolute atomic E-state index is 9.47. The standard InChI is InChI=1S/C16H24N2O3/c1-18(2)10-12-3-4-14(17-9-12)13-5-7-16(8-6-13)20-11-15(19)21-16/h3-4,9,13,15,19H,5-8,10-11H2,1-2H3. The van der Waals surface area contributed by atoms with Crippen molar-refractivity contribution in [2.24, 2.45) is 0 Å². The van der Waals surface area contributed by atoms with Crippen LogP contribution in [0, 0.1) is 0 Å². The molecule has 0 amide bonds. The molecule has 3 rings (SSSR count). The van der Waals surface area contributed by atoms with E-state index in [-0.39, 0.29) is 0 Å². The van der Waals surface area contributed by atoms with E-state index in [9.17, 15) is 5.11 Å². The van der Waals surface area contributed by atoms with Crippen LogP contribution >= 0.6 is 0 Å². The Labute approximate surface area is 125 Å². The number of aromatic nitrogens is 1. The van der Waals surface area contributed by atoms with E-state index < -0.39 is 12.1 Å². The van der Waals surface area contributed by atoms with Crippen molar-refractivity contribution in [2.45, 2.75) is 50.2 Å². The highest BCUT2D eigenvalue weighted by Gasteiger charge is 2.44. The first-order valence-corrected chi connectivity index (χ1v) is 7.66. The lowest BCUT2D eigenvalue weighted by Crippen LogP contribution is -2.35. The summed E-state index contributed by atoms with van der Waals surface area (Å²) in [6.45, 7) is 1.21. The van der Waals surface area contributed by atoms with Crippen LogP contribution in [0.25, 0.3) is 0 Å². The third-order valence-corrected chi connectivity index (χ3v) is 4.35. The minimum Gasteiger partial charge on any atom is -0.366 e. The molecule has 1 aromatic rings. The highest BCUT2D eigenvalue weighted by molar-refractivity contribution is 5.17. The molecular weight excluding hydrogens is 268 g/mol. The average Bonchev–Trinajstić information content (AvgIpc) is 2.81. The van der Waals surface area contributed by atoms with Gasteiger partial charge in [0.05, 0.1) is 0 Å². The fourth-order valence-electron chi connectivity index (χ4n) is 3.29. The molecule has 5 heteroatoms. The van der Waals surface area contributed by atoms with Crippen molar-refractivity contribution in [1.82, 2.24) is 9.88 Å². The highest BCUT2D eigenvalue weighted by atomic mass is 16.8. The number of hydrogen-bond donors (Lipinski definition) is 1. The van der Waals surface area contributed by atoms with Crippen LogP contribution in [-0.2, 0) is 16.0 Å². The number of nitrogens with zero attached hydrogens (tertiary/aromatic N) is 2. The van der Waals surface area contributed by atoms with E-state index in [0.717, 1.165) is 37.9 Å². The Morgan fingerprint density at radius 3 is 2.62 bits per heavy atom. The Hall–Kier alpha value is -1.01. The van der Waals surface area contributed by atoms with E-state index in [1.165, 1.54) is 5.56 Å². The molecule has 0 bridgehead atoms. The molecule has 2 fully saturated rings. The van der Waals surface area contributed by atoms with Crippen molar-refractivity contribution in [3.05, 3.63) is 29.6 Å². The Kier molecular flexibility index (Phi) is 4.26. The lowest BCUT2D eigenvalue weighted by molar-refractivity contribution is -0.214. The Morgan fingerprint density at radius 2 is 2.10 bits per heavy atom. The van der Waals surface area contributed by atoms with Gasteiger partial charge in [-0.15, -0.1) is 0 Å². The molecule has 1 aliphatic heterocycles. The number of aliphatic hydroxyl groups excluding tert-OH is 1. The molecule has 2 aliphatic rings. The molecule has 1 aliphatic carbocycles. The predicted molar refractivity (Wildman–Crippen MR) is 78.6 cm³/mol. The summed E-state index contributed by atoms with van der Waals surface area (Å²) in [6.07, 6.45) is 4.86. The molecule has 1 spiro atoms. The third-order valence-electron chi connectivity index (χ3n) is 4.35. The molecule has 0 radical (unpaired) electrons. The largest absolute Gasteiger partial charge is 0.366 e. The van der Waals surface area contributed by atoms with Crippen LogP contribution in [0.5, 0.6) is 0 Å². The topological polar surface area (TPSA) is 54.8 Å². The van der Waals surface area contributed by atoms with Gasteiger partial charge in [-0.1, -0.05) is 6.07 Å². The molecular formula is C16H24N2O3. The molecule has 0 aromatic carbocycles. The van der Waals surface area contributed by atoms with Crippen LogP contribution in [0.4, 0.5) is 0 Å². The molecule has 1 atom stereocenters. The highest BCUT2D eigenvalue weighted by Crippen LogP contribution is 2.42. The summed E-state index contributed by atoms with van der Waals surface area (Å²) in [5.74, 6) is -0.0743. The number of ether oxygens (including phenoxy) is 2. The van der Waals surface area contributed by atoms with E-state index in [0.29, 0.717) is 12.5 Å². The number of pyridine rings is 1.